The van der Waals surface area contributed by atoms with Crippen molar-refractivity contribution < 1.29 is 14.6 Å². The molecule has 1 heterocycles. The third-order valence-electron chi connectivity index (χ3n) is 3.12. The molecule has 2 atom stereocenters. The number of hydrogen-bond acceptors (Lipinski definition) is 3. The van der Waals surface area contributed by atoms with E-state index in [0.29, 0.717) is 18.7 Å². The van der Waals surface area contributed by atoms with Crippen molar-refractivity contribution in [2.45, 2.75) is 58.2 Å². The molecule has 1 fully saturated rings. The molecule has 0 spiro atoms. The van der Waals surface area contributed by atoms with E-state index in [-0.39, 0.29) is 12.5 Å². The lowest BCUT2D eigenvalue weighted by Gasteiger charge is -2.28. The molecule has 1 unspecified atom stereocenters. The summed E-state index contributed by atoms with van der Waals surface area (Å²) in [6, 6.07) is 1.02. The lowest BCUT2D eigenvalue weighted by atomic mass is 10.2. The molecule has 0 saturated carbocycles. The van der Waals surface area contributed by atoms with Crippen LogP contribution in [0.3, 0.4) is 0 Å². The molecule has 0 radical (unpaired) electrons. The maximum absolute atomic E-state index is 10.5. The SMILES string of the molecule is CC(CC(=O)O)OC[C@@H]1CCCN1C(C)C. The van der Waals surface area contributed by atoms with E-state index in [2.05, 4.69) is 18.7 Å². The maximum Gasteiger partial charge on any atom is 0.305 e. The minimum Gasteiger partial charge on any atom is -0.481 e. The van der Waals surface area contributed by atoms with Crippen LogP contribution in [0, 0.1) is 0 Å². The van der Waals surface area contributed by atoms with Gasteiger partial charge in [-0.05, 0) is 40.2 Å². The van der Waals surface area contributed by atoms with Crippen LogP contribution in [0.2, 0.25) is 0 Å². The van der Waals surface area contributed by atoms with E-state index in [1.807, 2.05) is 6.92 Å². The monoisotopic (exact) mass is 229 g/mol. The Morgan fingerprint density at radius 2 is 2.19 bits per heavy atom. The van der Waals surface area contributed by atoms with Gasteiger partial charge in [-0.25, -0.2) is 0 Å². The molecule has 1 aliphatic heterocycles. The average Bonchev–Trinajstić information content (AvgIpc) is 2.61. The van der Waals surface area contributed by atoms with Gasteiger partial charge in [-0.2, -0.15) is 0 Å². The van der Waals surface area contributed by atoms with Gasteiger partial charge in [0.05, 0.1) is 19.1 Å². The summed E-state index contributed by atoms with van der Waals surface area (Å²) in [5.74, 6) is -0.792. The first kappa shape index (κ1) is 13.5. The van der Waals surface area contributed by atoms with Crippen molar-refractivity contribution >= 4 is 5.97 Å². The van der Waals surface area contributed by atoms with Crippen LogP contribution in [0.5, 0.6) is 0 Å². The van der Waals surface area contributed by atoms with Crippen molar-refractivity contribution in [1.82, 2.24) is 4.90 Å². The molecule has 1 N–H and O–H groups in total. The van der Waals surface area contributed by atoms with Crippen LogP contribution in [0.15, 0.2) is 0 Å². The van der Waals surface area contributed by atoms with Crippen molar-refractivity contribution in [3.63, 3.8) is 0 Å². The Kier molecular flexibility index (Phi) is 5.22. The number of carboxylic acid groups (broad SMARTS) is 1. The lowest BCUT2D eigenvalue weighted by molar-refractivity contribution is -0.140. The molecule has 0 aromatic carbocycles. The number of aliphatic carboxylic acids is 1. The molecule has 1 rings (SSSR count). The standard InChI is InChI=1S/C12H23NO3/c1-9(2)13-6-4-5-11(13)8-16-10(3)7-12(14)15/h9-11H,4-8H2,1-3H3,(H,14,15)/t10?,11-/m0/s1. The van der Waals surface area contributed by atoms with Crippen LogP contribution in [-0.2, 0) is 9.53 Å². The smallest absolute Gasteiger partial charge is 0.305 e. The van der Waals surface area contributed by atoms with Crippen molar-refractivity contribution in [3.8, 4) is 0 Å². The largest absolute Gasteiger partial charge is 0.481 e. The average molecular weight is 229 g/mol. The minimum absolute atomic E-state index is 0.0917. The summed E-state index contributed by atoms with van der Waals surface area (Å²) in [6.07, 6.45) is 2.29. The van der Waals surface area contributed by atoms with Gasteiger partial charge in [-0.15, -0.1) is 0 Å². The van der Waals surface area contributed by atoms with Crippen molar-refractivity contribution in [1.29, 1.82) is 0 Å². The van der Waals surface area contributed by atoms with Gasteiger partial charge in [-0.1, -0.05) is 0 Å². The van der Waals surface area contributed by atoms with Gasteiger partial charge in [0, 0.05) is 12.1 Å². The Hall–Kier alpha value is -0.610. The number of ether oxygens (including phenoxy) is 1. The molecule has 1 saturated heterocycles. The zero-order valence-electron chi connectivity index (χ0n) is 10.5. The zero-order chi connectivity index (χ0) is 12.1. The quantitative estimate of drug-likeness (QED) is 0.753. The van der Waals surface area contributed by atoms with Crippen LogP contribution in [0.1, 0.15) is 40.0 Å². The first-order valence-electron chi connectivity index (χ1n) is 6.10. The molecular weight excluding hydrogens is 206 g/mol. The molecule has 0 aromatic rings. The second kappa shape index (κ2) is 6.21. The fraction of sp³-hybridized carbons (Fsp3) is 0.917. The van der Waals surface area contributed by atoms with E-state index in [1.165, 1.54) is 6.42 Å². The van der Waals surface area contributed by atoms with Crippen LogP contribution in [0.25, 0.3) is 0 Å². The van der Waals surface area contributed by atoms with Gasteiger partial charge < -0.3 is 9.84 Å². The fourth-order valence-electron chi connectivity index (χ4n) is 2.30. The molecule has 4 nitrogen and oxygen atoms in total. The summed E-state index contributed by atoms with van der Waals surface area (Å²) in [4.78, 5) is 12.9. The summed E-state index contributed by atoms with van der Waals surface area (Å²) in [5.41, 5.74) is 0. The third kappa shape index (κ3) is 4.10. The van der Waals surface area contributed by atoms with E-state index >= 15 is 0 Å². The summed E-state index contributed by atoms with van der Waals surface area (Å²) >= 11 is 0. The Balaban J connectivity index is 2.28. The van der Waals surface area contributed by atoms with Gasteiger partial charge in [-0.3, -0.25) is 9.69 Å². The highest BCUT2D eigenvalue weighted by molar-refractivity contribution is 5.67. The van der Waals surface area contributed by atoms with E-state index in [1.54, 1.807) is 0 Å². The molecule has 4 heteroatoms. The highest BCUT2D eigenvalue weighted by Crippen LogP contribution is 2.20. The van der Waals surface area contributed by atoms with Gasteiger partial charge in [0.1, 0.15) is 0 Å². The van der Waals surface area contributed by atoms with Gasteiger partial charge in [0.15, 0.2) is 0 Å². The molecule has 0 bridgehead atoms. The highest BCUT2D eigenvalue weighted by atomic mass is 16.5. The second-order valence-corrected chi connectivity index (χ2v) is 4.87. The van der Waals surface area contributed by atoms with Crippen LogP contribution in [-0.4, -0.2) is 47.3 Å². The third-order valence-corrected chi connectivity index (χ3v) is 3.12. The first-order valence-corrected chi connectivity index (χ1v) is 6.10. The Bertz CT molecular complexity index is 230. The molecular formula is C12H23NO3. The second-order valence-electron chi connectivity index (χ2n) is 4.87. The molecule has 0 amide bonds. The summed E-state index contributed by atoms with van der Waals surface area (Å²) in [6.45, 7) is 8.01. The molecule has 1 aliphatic rings. The van der Waals surface area contributed by atoms with Crippen LogP contribution >= 0.6 is 0 Å². The molecule has 0 aliphatic carbocycles. The summed E-state index contributed by atoms with van der Waals surface area (Å²) < 4.78 is 5.59. The van der Waals surface area contributed by atoms with Crippen molar-refractivity contribution in [2.75, 3.05) is 13.2 Å². The Morgan fingerprint density at radius 3 is 2.75 bits per heavy atom. The van der Waals surface area contributed by atoms with Gasteiger partial charge in [0.25, 0.3) is 0 Å². The molecule has 16 heavy (non-hydrogen) atoms. The van der Waals surface area contributed by atoms with E-state index in [9.17, 15) is 4.79 Å². The van der Waals surface area contributed by atoms with Crippen LogP contribution in [0.4, 0.5) is 0 Å². The number of rotatable bonds is 6. The predicted molar refractivity (Wildman–Crippen MR) is 62.5 cm³/mol. The zero-order valence-corrected chi connectivity index (χ0v) is 10.5. The topological polar surface area (TPSA) is 49.8 Å². The normalized spacial score (nSPS) is 23.9. The molecule has 94 valence electrons. The summed E-state index contributed by atoms with van der Waals surface area (Å²) in [7, 11) is 0. The Morgan fingerprint density at radius 1 is 1.50 bits per heavy atom. The van der Waals surface area contributed by atoms with Gasteiger partial charge >= 0.3 is 5.97 Å². The number of likely N-dealkylation sites (tertiary alicyclic amines) is 1. The molecule has 0 aromatic heterocycles. The minimum atomic E-state index is -0.792. The van der Waals surface area contributed by atoms with E-state index in [0.717, 1.165) is 13.0 Å². The predicted octanol–water partition coefficient (Wildman–Crippen LogP) is 1.74. The number of nitrogens with zero attached hydrogens (tertiary/aromatic N) is 1. The maximum atomic E-state index is 10.5. The first-order chi connectivity index (χ1) is 7.50. The van der Waals surface area contributed by atoms with Crippen LogP contribution < -0.4 is 0 Å². The summed E-state index contributed by atoms with van der Waals surface area (Å²) in [5, 5.41) is 8.63. The highest BCUT2D eigenvalue weighted by Gasteiger charge is 2.27. The van der Waals surface area contributed by atoms with Crippen molar-refractivity contribution in [2.24, 2.45) is 0 Å². The Labute approximate surface area is 97.6 Å². The number of carboxylic acids is 1. The van der Waals surface area contributed by atoms with Gasteiger partial charge in [0.2, 0.25) is 0 Å². The van der Waals surface area contributed by atoms with E-state index < -0.39 is 5.97 Å². The van der Waals surface area contributed by atoms with Crippen molar-refractivity contribution in [3.05, 3.63) is 0 Å². The van der Waals surface area contributed by atoms with E-state index in [4.69, 9.17) is 9.84 Å². The lowest BCUT2D eigenvalue weighted by Crippen LogP contribution is -2.39. The number of carbonyl (C=O) groups is 1. The number of hydrogen-bond donors (Lipinski definition) is 1. The fourth-order valence-corrected chi connectivity index (χ4v) is 2.30.